The van der Waals surface area contributed by atoms with Crippen molar-refractivity contribution < 1.29 is 0 Å². The molecule has 88 valence electrons. The van der Waals surface area contributed by atoms with Crippen molar-refractivity contribution in [3.63, 3.8) is 0 Å². The predicted molar refractivity (Wildman–Crippen MR) is 66.1 cm³/mol. The van der Waals surface area contributed by atoms with Crippen LogP contribution in [0.1, 0.15) is 39.5 Å². The van der Waals surface area contributed by atoms with Gasteiger partial charge in [0.05, 0.1) is 18.1 Å². The fourth-order valence-electron chi connectivity index (χ4n) is 2.14. The Morgan fingerprint density at radius 2 is 1.81 bits per heavy atom. The summed E-state index contributed by atoms with van der Waals surface area (Å²) in [5, 5.41) is 3.37. The zero-order valence-corrected chi connectivity index (χ0v) is 10.0. The van der Waals surface area contributed by atoms with Crippen LogP contribution < -0.4 is 11.1 Å². The fourth-order valence-corrected chi connectivity index (χ4v) is 2.14. The summed E-state index contributed by atoms with van der Waals surface area (Å²) in [7, 11) is 0. The van der Waals surface area contributed by atoms with E-state index < -0.39 is 0 Å². The van der Waals surface area contributed by atoms with Gasteiger partial charge >= 0.3 is 0 Å². The number of aromatic nitrogens is 2. The molecule has 3 N–H and O–H groups in total. The number of rotatable bonds is 2. The van der Waals surface area contributed by atoms with Gasteiger partial charge in [0.1, 0.15) is 0 Å². The number of nitrogens with zero attached hydrogens (tertiary/aromatic N) is 2. The van der Waals surface area contributed by atoms with Gasteiger partial charge in [-0.1, -0.05) is 13.8 Å². The molecule has 4 heteroatoms. The van der Waals surface area contributed by atoms with E-state index in [1.54, 1.807) is 12.4 Å². The van der Waals surface area contributed by atoms with E-state index in [0.717, 1.165) is 0 Å². The number of nitrogen functional groups attached to an aromatic ring is 1. The molecular weight excluding hydrogens is 200 g/mol. The standard InChI is InChI=1S/C12H20N4/c1-12(2)5-3-10(4-6-12)16-11-14-7-9(13)8-15-11/h7-8,10H,3-6,13H2,1-2H3,(H,14,15,16). The zero-order chi connectivity index (χ0) is 11.6. The largest absolute Gasteiger partial charge is 0.396 e. The lowest BCUT2D eigenvalue weighted by Crippen LogP contribution is -2.30. The topological polar surface area (TPSA) is 63.8 Å². The van der Waals surface area contributed by atoms with Crippen molar-refractivity contribution in [2.75, 3.05) is 11.1 Å². The van der Waals surface area contributed by atoms with Crippen LogP contribution in [0.25, 0.3) is 0 Å². The van der Waals surface area contributed by atoms with Crippen LogP contribution in [0.15, 0.2) is 12.4 Å². The van der Waals surface area contributed by atoms with E-state index in [-0.39, 0.29) is 0 Å². The van der Waals surface area contributed by atoms with Crippen LogP contribution in [-0.2, 0) is 0 Å². The van der Waals surface area contributed by atoms with E-state index in [1.165, 1.54) is 25.7 Å². The van der Waals surface area contributed by atoms with Crippen LogP contribution in [0.2, 0.25) is 0 Å². The maximum absolute atomic E-state index is 5.54. The van der Waals surface area contributed by atoms with Crippen molar-refractivity contribution >= 4 is 11.6 Å². The van der Waals surface area contributed by atoms with Crippen molar-refractivity contribution in [2.24, 2.45) is 5.41 Å². The Morgan fingerprint density at radius 1 is 1.25 bits per heavy atom. The maximum atomic E-state index is 5.54. The molecule has 2 rings (SSSR count). The predicted octanol–water partition coefficient (Wildman–Crippen LogP) is 2.44. The van der Waals surface area contributed by atoms with E-state index in [2.05, 4.69) is 29.1 Å². The molecule has 1 aliphatic carbocycles. The van der Waals surface area contributed by atoms with Crippen molar-refractivity contribution in [2.45, 2.75) is 45.6 Å². The Kier molecular flexibility index (Phi) is 2.99. The van der Waals surface area contributed by atoms with Gasteiger partial charge in [0.2, 0.25) is 5.95 Å². The molecule has 1 saturated carbocycles. The Morgan fingerprint density at radius 3 is 2.38 bits per heavy atom. The van der Waals surface area contributed by atoms with Gasteiger partial charge in [0.15, 0.2) is 0 Å². The zero-order valence-electron chi connectivity index (χ0n) is 10.0. The molecule has 16 heavy (non-hydrogen) atoms. The van der Waals surface area contributed by atoms with Gasteiger partial charge in [-0.15, -0.1) is 0 Å². The second-order valence-electron chi connectivity index (χ2n) is 5.42. The molecule has 0 aromatic carbocycles. The average molecular weight is 220 g/mol. The van der Waals surface area contributed by atoms with Crippen LogP contribution in [0.5, 0.6) is 0 Å². The van der Waals surface area contributed by atoms with E-state index in [1.807, 2.05) is 0 Å². The normalized spacial score (nSPS) is 20.6. The quantitative estimate of drug-likeness (QED) is 0.803. The molecule has 0 spiro atoms. The summed E-state index contributed by atoms with van der Waals surface area (Å²) in [5.41, 5.74) is 6.65. The molecule has 0 aliphatic heterocycles. The highest BCUT2D eigenvalue weighted by Crippen LogP contribution is 2.35. The first kappa shape index (κ1) is 11.2. The Labute approximate surface area is 96.7 Å². The number of hydrogen-bond donors (Lipinski definition) is 2. The third kappa shape index (κ3) is 2.84. The van der Waals surface area contributed by atoms with Crippen LogP contribution in [-0.4, -0.2) is 16.0 Å². The SMILES string of the molecule is CC1(C)CCC(Nc2ncc(N)cn2)CC1. The lowest BCUT2D eigenvalue weighted by atomic mass is 9.76. The highest BCUT2D eigenvalue weighted by molar-refractivity contribution is 5.36. The first-order valence-electron chi connectivity index (χ1n) is 5.89. The second kappa shape index (κ2) is 4.28. The molecule has 0 atom stereocenters. The fraction of sp³-hybridized carbons (Fsp3) is 0.667. The summed E-state index contributed by atoms with van der Waals surface area (Å²) in [5.74, 6) is 0.693. The lowest BCUT2D eigenvalue weighted by molar-refractivity contribution is 0.232. The summed E-state index contributed by atoms with van der Waals surface area (Å²) >= 11 is 0. The minimum atomic E-state index is 0.500. The van der Waals surface area contributed by atoms with Gasteiger partial charge in [-0.3, -0.25) is 0 Å². The molecule has 0 unspecified atom stereocenters. The molecule has 1 aromatic heterocycles. The van der Waals surface area contributed by atoms with Crippen LogP contribution >= 0.6 is 0 Å². The summed E-state index contributed by atoms with van der Waals surface area (Å²) in [4.78, 5) is 8.32. The van der Waals surface area contributed by atoms with Gasteiger partial charge in [0.25, 0.3) is 0 Å². The Balaban J connectivity index is 1.89. The highest BCUT2D eigenvalue weighted by Gasteiger charge is 2.26. The summed E-state index contributed by atoms with van der Waals surface area (Å²) in [6.07, 6.45) is 8.20. The van der Waals surface area contributed by atoms with E-state index >= 15 is 0 Å². The van der Waals surface area contributed by atoms with E-state index in [4.69, 9.17) is 5.73 Å². The van der Waals surface area contributed by atoms with Crippen LogP contribution in [0.4, 0.5) is 11.6 Å². The molecule has 1 aromatic rings. The molecule has 0 saturated heterocycles. The molecule has 1 heterocycles. The average Bonchev–Trinajstić information content (AvgIpc) is 2.24. The smallest absolute Gasteiger partial charge is 0.222 e. The van der Waals surface area contributed by atoms with Crippen molar-refractivity contribution in [3.05, 3.63) is 12.4 Å². The molecule has 4 nitrogen and oxygen atoms in total. The number of nitrogens with one attached hydrogen (secondary N) is 1. The Bertz CT molecular complexity index is 335. The molecule has 0 amide bonds. The minimum Gasteiger partial charge on any atom is -0.396 e. The van der Waals surface area contributed by atoms with Crippen molar-refractivity contribution in [1.82, 2.24) is 9.97 Å². The first-order valence-corrected chi connectivity index (χ1v) is 5.89. The molecule has 0 radical (unpaired) electrons. The van der Waals surface area contributed by atoms with Crippen LogP contribution in [0, 0.1) is 5.41 Å². The van der Waals surface area contributed by atoms with Gasteiger partial charge in [-0.2, -0.15) is 0 Å². The number of nitrogens with two attached hydrogens (primary N) is 1. The summed E-state index contributed by atoms with van der Waals surface area (Å²) in [6, 6.07) is 0.511. The van der Waals surface area contributed by atoms with Gasteiger partial charge < -0.3 is 11.1 Å². The highest BCUT2D eigenvalue weighted by atomic mass is 15.1. The van der Waals surface area contributed by atoms with Gasteiger partial charge in [-0.05, 0) is 31.1 Å². The third-order valence-electron chi connectivity index (χ3n) is 3.34. The molecular formula is C12H20N4. The third-order valence-corrected chi connectivity index (χ3v) is 3.34. The minimum absolute atomic E-state index is 0.500. The maximum Gasteiger partial charge on any atom is 0.222 e. The summed E-state index contributed by atoms with van der Waals surface area (Å²) < 4.78 is 0. The van der Waals surface area contributed by atoms with Crippen molar-refractivity contribution in [3.8, 4) is 0 Å². The summed E-state index contributed by atoms with van der Waals surface area (Å²) in [6.45, 7) is 4.67. The monoisotopic (exact) mass is 220 g/mol. The molecule has 0 bridgehead atoms. The Hall–Kier alpha value is -1.32. The second-order valence-corrected chi connectivity index (χ2v) is 5.42. The van der Waals surface area contributed by atoms with Gasteiger partial charge in [-0.25, -0.2) is 9.97 Å². The number of anilines is 2. The van der Waals surface area contributed by atoms with Gasteiger partial charge in [0, 0.05) is 6.04 Å². The van der Waals surface area contributed by atoms with Crippen LogP contribution in [0.3, 0.4) is 0 Å². The lowest BCUT2D eigenvalue weighted by Gasteiger charge is -2.34. The van der Waals surface area contributed by atoms with Crippen molar-refractivity contribution in [1.29, 1.82) is 0 Å². The molecule has 1 fully saturated rings. The number of hydrogen-bond acceptors (Lipinski definition) is 4. The van der Waals surface area contributed by atoms with E-state index in [0.29, 0.717) is 23.1 Å². The first-order chi connectivity index (χ1) is 7.55. The van der Waals surface area contributed by atoms with E-state index in [9.17, 15) is 0 Å². The molecule has 1 aliphatic rings.